The Balaban J connectivity index is 2.21. The number of benzene rings is 1. The molecule has 0 saturated carbocycles. The summed E-state index contributed by atoms with van der Waals surface area (Å²) in [6.07, 6.45) is -0.395. The quantitative estimate of drug-likeness (QED) is 0.788. The molecule has 0 N–H and O–H groups in total. The topological polar surface area (TPSA) is 66.9 Å². The third-order valence-corrected chi connectivity index (χ3v) is 6.96. The molecule has 1 aromatic rings. The Kier molecular flexibility index (Phi) is 5.73. The van der Waals surface area contributed by atoms with E-state index in [0.29, 0.717) is 18.0 Å². The molecular weight excluding hydrogens is 352 g/mol. The van der Waals surface area contributed by atoms with Gasteiger partial charge in [-0.15, -0.1) is 0 Å². The summed E-state index contributed by atoms with van der Waals surface area (Å²) in [5, 5.41) is 0. The highest BCUT2D eigenvalue weighted by Gasteiger charge is 2.34. The molecule has 0 unspecified atom stereocenters. The Hall–Kier alpha value is -1.60. The molecule has 1 fully saturated rings. The van der Waals surface area contributed by atoms with E-state index in [1.54, 1.807) is 4.90 Å². The van der Waals surface area contributed by atoms with Gasteiger partial charge in [-0.1, -0.05) is 6.07 Å². The molecule has 26 heavy (non-hydrogen) atoms. The van der Waals surface area contributed by atoms with E-state index in [9.17, 15) is 13.2 Å². The van der Waals surface area contributed by atoms with Gasteiger partial charge in [0.05, 0.1) is 4.90 Å². The molecular formula is C19H30N2O4S. The van der Waals surface area contributed by atoms with Crippen LogP contribution in [0.15, 0.2) is 11.0 Å². The van der Waals surface area contributed by atoms with Crippen LogP contribution >= 0.6 is 0 Å². The minimum atomic E-state index is -3.60. The summed E-state index contributed by atoms with van der Waals surface area (Å²) < 4.78 is 33.3. The first-order valence-electron chi connectivity index (χ1n) is 8.90. The number of piperazine rings is 1. The number of hydrogen-bond donors (Lipinski definition) is 0. The summed E-state index contributed by atoms with van der Waals surface area (Å²) in [5.74, 6) is 0. The maximum atomic E-state index is 13.2. The van der Waals surface area contributed by atoms with E-state index in [-0.39, 0.29) is 13.1 Å². The number of carbonyl (C=O) groups excluding carboxylic acids is 1. The summed E-state index contributed by atoms with van der Waals surface area (Å²) in [5.41, 5.74) is 2.97. The highest BCUT2D eigenvalue weighted by molar-refractivity contribution is 7.89. The minimum absolute atomic E-state index is 0.271. The summed E-state index contributed by atoms with van der Waals surface area (Å²) in [6.45, 7) is 14.2. The molecule has 1 amide bonds. The van der Waals surface area contributed by atoms with Crippen LogP contribution in [0.2, 0.25) is 0 Å². The van der Waals surface area contributed by atoms with Crippen LogP contribution in [0.1, 0.15) is 43.0 Å². The Morgan fingerprint density at radius 2 is 1.42 bits per heavy atom. The van der Waals surface area contributed by atoms with Crippen molar-refractivity contribution in [3.63, 3.8) is 0 Å². The SMILES string of the molecule is Cc1cc(C)c(C)c(S(=O)(=O)N2CCN(C(=O)OC(C)(C)C)CC2)c1C. The molecule has 2 rings (SSSR count). The van der Waals surface area contributed by atoms with Crippen LogP contribution in [0.25, 0.3) is 0 Å². The fourth-order valence-corrected chi connectivity index (χ4v) is 5.13. The molecule has 146 valence electrons. The van der Waals surface area contributed by atoms with Crippen molar-refractivity contribution in [2.75, 3.05) is 26.2 Å². The first kappa shape index (κ1) is 20.7. The van der Waals surface area contributed by atoms with Gasteiger partial charge in [0.25, 0.3) is 0 Å². The van der Waals surface area contributed by atoms with Gasteiger partial charge in [0, 0.05) is 26.2 Å². The van der Waals surface area contributed by atoms with Crippen LogP contribution in [0.3, 0.4) is 0 Å². The predicted octanol–water partition coefficient (Wildman–Crippen LogP) is 3.16. The third kappa shape index (κ3) is 4.20. The van der Waals surface area contributed by atoms with E-state index in [2.05, 4.69) is 0 Å². The molecule has 7 heteroatoms. The van der Waals surface area contributed by atoms with E-state index in [4.69, 9.17) is 4.74 Å². The zero-order valence-electron chi connectivity index (χ0n) is 16.8. The van der Waals surface area contributed by atoms with Gasteiger partial charge in [-0.05, 0) is 70.7 Å². The first-order chi connectivity index (χ1) is 11.8. The largest absolute Gasteiger partial charge is 0.444 e. The summed E-state index contributed by atoms with van der Waals surface area (Å²) >= 11 is 0. The van der Waals surface area contributed by atoms with Crippen molar-refractivity contribution in [3.8, 4) is 0 Å². The van der Waals surface area contributed by atoms with Gasteiger partial charge in [-0.3, -0.25) is 0 Å². The van der Waals surface area contributed by atoms with Gasteiger partial charge in [0.15, 0.2) is 0 Å². The molecule has 1 aromatic carbocycles. The van der Waals surface area contributed by atoms with Crippen molar-refractivity contribution >= 4 is 16.1 Å². The summed E-state index contributed by atoms with van der Waals surface area (Å²) in [4.78, 5) is 14.1. The maximum Gasteiger partial charge on any atom is 0.410 e. The van der Waals surface area contributed by atoms with Crippen LogP contribution in [0.4, 0.5) is 4.79 Å². The Morgan fingerprint density at radius 3 is 1.85 bits per heavy atom. The maximum absolute atomic E-state index is 13.2. The second-order valence-electron chi connectivity index (χ2n) is 7.96. The molecule has 1 saturated heterocycles. The molecule has 0 radical (unpaired) electrons. The van der Waals surface area contributed by atoms with Crippen LogP contribution in [-0.4, -0.2) is 55.5 Å². The molecule has 1 aliphatic heterocycles. The standard InChI is InChI=1S/C19H30N2O4S/c1-13-12-14(2)16(4)17(15(13)3)26(23,24)21-10-8-20(9-11-21)18(22)25-19(5,6)7/h12H,8-11H2,1-7H3. The van der Waals surface area contributed by atoms with E-state index in [1.807, 2.05) is 54.5 Å². The number of rotatable bonds is 2. The van der Waals surface area contributed by atoms with Crippen LogP contribution in [-0.2, 0) is 14.8 Å². The number of hydrogen-bond acceptors (Lipinski definition) is 4. The second kappa shape index (κ2) is 7.19. The Morgan fingerprint density at radius 1 is 0.962 bits per heavy atom. The molecule has 6 nitrogen and oxygen atoms in total. The van der Waals surface area contributed by atoms with Crippen molar-refractivity contribution in [3.05, 3.63) is 28.3 Å². The molecule has 1 heterocycles. The molecule has 0 bridgehead atoms. The van der Waals surface area contributed by atoms with Crippen molar-refractivity contribution in [1.82, 2.24) is 9.21 Å². The van der Waals surface area contributed by atoms with Crippen molar-refractivity contribution < 1.29 is 17.9 Å². The number of sulfonamides is 1. The minimum Gasteiger partial charge on any atom is -0.444 e. The number of amides is 1. The lowest BCUT2D eigenvalue weighted by atomic mass is 10.0. The van der Waals surface area contributed by atoms with Gasteiger partial charge in [-0.2, -0.15) is 4.31 Å². The summed E-state index contributed by atoms with van der Waals surface area (Å²) in [7, 11) is -3.60. The van der Waals surface area contributed by atoms with Crippen molar-refractivity contribution in [2.45, 2.75) is 59.0 Å². The smallest absolute Gasteiger partial charge is 0.410 e. The number of nitrogens with zero attached hydrogens (tertiary/aromatic N) is 2. The molecule has 0 aromatic heterocycles. The second-order valence-corrected chi connectivity index (χ2v) is 9.84. The summed E-state index contributed by atoms with van der Waals surface area (Å²) in [6, 6.07) is 2.02. The van der Waals surface area contributed by atoms with E-state index in [0.717, 1.165) is 22.3 Å². The highest BCUT2D eigenvalue weighted by atomic mass is 32.2. The molecule has 0 aliphatic carbocycles. The van der Waals surface area contributed by atoms with E-state index < -0.39 is 21.7 Å². The lowest BCUT2D eigenvalue weighted by Crippen LogP contribution is -2.51. The zero-order chi connectivity index (χ0) is 19.9. The molecule has 0 spiro atoms. The van der Waals surface area contributed by atoms with Gasteiger partial charge >= 0.3 is 6.09 Å². The predicted molar refractivity (Wildman–Crippen MR) is 102 cm³/mol. The Labute approximate surface area is 157 Å². The van der Waals surface area contributed by atoms with Gasteiger partial charge in [0.2, 0.25) is 10.0 Å². The van der Waals surface area contributed by atoms with Crippen LogP contribution < -0.4 is 0 Å². The average Bonchev–Trinajstić information content (AvgIpc) is 2.51. The lowest BCUT2D eigenvalue weighted by molar-refractivity contribution is 0.0192. The fraction of sp³-hybridized carbons (Fsp3) is 0.632. The number of aryl methyl sites for hydroxylation is 2. The van der Waals surface area contributed by atoms with Crippen LogP contribution in [0, 0.1) is 27.7 Å². The van der Waals surface area contributed by atoms with E-state index in [1.165, 1.54) is 4.31 Å². The average molecular weight is 383 g/mol. The lowest BCUT2D eigenvalue weighted by Gasteiger charge is -2.35. The van der Waals surface area contributed by atoms with E-state index >= 15 is 0 Å². The third-order valence-electron chi connectivity index (χ3n) is 4.79. The first-order valence-corrected chi connectivity index (χ1v) is 10.3. The zero-order valence-corrected chi connectivity index (χ0v) is 17.7. The van der Waals surface area contributed by atoms with Crippen molar-refractivity contribution in [1.29, 1.82) is 0 Å². The molecule has 1 aliphatic rings. The monoisotopic (exact) mass is 382 g/mol. The number of carbonyl (C=O) groups is 1. The molecule has 0 atom stereocenters. The van der Waals surface area contributed by atoms with Gasteiger partial charge < -0.3 is 9.64 Å². The number of ether oxygens (including phenoxy) is 1. The normalized spacial score (nSPS) is 16.7. The van der Waals surface area contributed by atoms with Crippen molar-refractivity contribution in [2.24, 2.45) is 0 Å². The van der Waals surface area contributed by atoms with Crippen LogP contribution in [0.5, 0.6) is 0 Å². The van der Waals surface area contributed by atoms with Gasteiger partial charge in [-0.25, -0.2) is 13.2 Å². The highest BCUT2D eigenvalue weighted by Crippen LogP contribution is 2.29. The Bertz CT molecular complexity index is 776. The van der Waals surface area contributed by atoms with Gasteiger partial charge in [0.1, 0.15) is 5.60 Å². The fourth-order valence-electron chi connectivity index (χ4n) is 3.13.